The molecule has 20 nitrogen and oxygen atoms in total. The number of aliphatic carboxylic acids is 1. The first-order valence-electron chi connectivity index (χ1n) is 16.6. The van der Waals surface area contributed by atoms with Gasteiger partial charge in [-0.2, -0.15) is 5.48 Å². The van der Waals surface area contributed by atoms with Crippen LogP contribution < -0.4 is 48.4 Å². The predicted molar refractivity (Wildman–Crippen MR) is 182 cm³/mol. The quantitative estimate of drug-likeness (QED) is 0.0343. The van der Waals surface area contributed by atoms with Gasteiger partial charge in [0.05, 0.1) is 25.7 Å². The minimum Gasteiger partial charge on any atom is -0.481 e. The van der Waals surface area contributed by atoms with Gasteiger partial charge in [-0.25, -0.2) is 9.07 Å². The average molecular weight is 732 g/mol. The topological polar surface area (TPSA) is 299 Å². The minimum atomic E-state index is -1.59. The number of hydrogen-bond acceptors (Lipinski definition) is 11. The van der Waals surface area contributed by atoms with Crippen LogP contribution in [-0.2, 0) is 41.7 Å². The van der Waals surface area contributed by atoms with Crippen molar-refractivity contribution in [1.82, 2.24) is 47.1 Å². The summed E-state index contributed by atoms with van der Waals surface area (Å²) in [5.74, 6) is -5.50. The highest BCUT2D eigenvalue weighted by Crippen LogP contribution is 2.10. The van der Waals surface area contributed by atoms with Crippen molar-refractivity contribution < 1.29 is 43.1 Å². The minimum absolute atomic E-state index is 0.0259. The van der Waals surface area contributed by atoms with Crippen LogP contribution in [0.1, 0.15) is 44.1 Å². The number of alkyl halides is 1. The monoisotopic (exact) mass is 731 g/mol. The molecule has 52 heavy (non-hydrogen) atoms. The van der Waals surface area contributed by atoms with E-state index in [1.54, 1.807) is 30.3 Å². The Kier molecular flexibility index (Phi) is 16.7. The molecule has 2 heterocycles. The van der Waals surface area contributed by atoms with Crippen LogP contribution in [0.4, 0.5) is 4.39 Å². The van der Waals surface area contributed by atoms with E-state index in [0.717, 1.165) is 0 Å². The number of nitrogens with one attached hydrogen (secondary N) is 6. The molecule has 1 aromatic carbocycles. The van der Waals surface area contributed by atoms with Crippen molar-refractivity contribution in [2.24, 2.45) is 16.5 Å². The summed E-state index contributed by atoms with van der Waals surface area (Å²) in [7, 11) is 0. The Bertz CT molecular complexity index is 1540. The number of hydroxylamine groups is 1. The third kappa shape index (κ3) is 14.5. The molecule has 4 atom stereocenters. The van der Waals surface area contributed by atoms with Crippen LogP contribution in [-0.4, -0.2) is 112 Å². The van der Waals surface area contributed by atoms with Gasteiger partial charge in [-0.15, -0.1) is 0 Å². The average Bonchev–Trinajstić information content (AvgIpc) is 3.55. The Labute approximate surface area is 298 Å². The number of hydrogen-bond donors (Lipinski definition) is 9. The number of nitrogens with zero attached hydrogens (tertiary/aromatic N) is 4. The number of aryl methyl sites for hydroxylation is 1. The number of nitrogens with two attached hydrogens (primary N) is 2. The Hall–Kier alpha value is -5.86. The number of carboxylic acids is 1. The van der Waals surface area contributed by atoms with E-state index in [1.807, 2.05) is 0 Å². The fraction of sp³-hybridized carbons (Fsp3) is 0.516. The Balaban J connectivity index is 1.83. The second kappa shape index (κ2) is 21.4. The number of guanidine groups is 1. The first-order chi connectivity index (χ1) is 24.9. The van der Waals surface area contributed by atoms with Crippen LogP contribution in [0, 0.1) is 0 Å². The maximum Gasteiger partial charge on any atom is 0.305 e. The number of halogens is 1. The van der Waals surface area contributed by atoms with Crippen molar-refractivity contribution in [2.75, 3.05) is 26.3 Å². The molecule has 11 N–H and O–H groups in total. The molecule has 1 saturated heterocycles. The number of aromatic nitrogens is 3. The molecule has 1 aliphatic heterocycles. The molecule has 21 heteroatoms. The number of benzene rings is 1. The van der Waals surface area contributed by atoms with E-state index < -0.39 is 79.3 Å². The van der Waals surface area contributed by atoms with Crippen LogP contribution in [0.25, 0.3) is 0 Å². The number of rotatable bonds is 17. The van der Waals surface area contributed by atoms with Crippen LogP contribution in [0.3, 0.4) is 0 Å². The standard InChI is InChI=1S/C31H45FN12O8/c32-11-14-44-18-25(42-43-44)52-37-13-5-4-9-21-28(49)39-20(10-6-12-35-31(33)34)27(48)36-17-24(45)38-23(16-26(46)47)30(51)41-22(29(50)40-21)15-19-7-2-1-3-8-19/h1-3,7-8,18,20-23,37H,4-6,9-17H2,(H,36,48)(H,38,45)(H,39,49)(H,40,50)(H,41,51)(H,46,47)(H4,33,34,35)/t20-,21-,22+,23-/m0/s1/i32-1. The summed E-state index contributed by atoms with van der Waals surface area (Å²) in [6.07, 6.45) is 1.75. The van der Waals surface area contributed by atoms with Crippen LogP contribution in [0.2, 0.25) is 0 Å². The fourth-order valence-electron chi connectivity index (χ4n) is 5.03. The summed E-state index contributed by atoms with van der Waals surface area (Å²) < 4.78 is 13.8. The van der Waals surface area contributed by atoms with Gasteiger partial charge in [-0.1, -0.05) is 40.6 Å². The van der Waals surface area contributed by atoms with Crippen LogP contribution in [0.15, 0.2) is 41.5 Å². The fourth-order valence-corrected chi connectivity index (χ4v) is 5.03. The lowest BCUT2D eigenvalue weighted by molar-refractivity contribution is -0.141. The van der Waals surface area contributed by atoms with Gasteiger partial charge in [0.2, 0.25) is 29.5 Å². The highest BCUT2D eigenvalue weighted by Gasteiger charge is 2.33. The molecule has 1 aromatic heterocycles. The van der Waals surface area contributed by atoms with Gasteiger partial charge in [-0.3, -0.25) is 33.8 Å². The van der Waals surface area contributed by atoms with Crippen molar-refractivity contribution in [1.29, 1.82) is 0 Å². The number of unbranched alkanes of at least 4 members (excludes halogenated alkanes) is 1. The predicted octanol–water partition coefficient (Wildman–Crippen LogP) is -2.86. The molecule has 284 valence electrons. The third-order valence-electron chi connectivity index (χ3n) is 7.61. The molecule has 0 unspecified atom stereocenters. The number of carbonyl (C=O) groups excluding carboxylic acids is 5. The highest BCUT2D eigenvalue weighted by atomic mass is 18.2. The molecular weight excluding hydrogens is 686 g/mol. The van der Waals surface area contributed by atoms with E-state index in [2.05, 4.69) is 47.4 Å². The second-order valence-electron chi connectivity index (χ2n) is 11.8. The SMILES string of the molecule is NC(N)=NCCC[C@@H]1NC(=O)[C@H](CCCCNOc2cn(CC[18F])nn2)NC(=O)[C@@H](Cc2ccccc2)NC(=O)[C@H](CC(=O)O)NC(=O)CNC1=O. The summed E-state index contributed by atoms with van der Waals surface area (Å²) in [5, 5.41) is 29.5. The van der Waals surface area contributed by atoms with Gasteiger partial charge >= 0.3 is 5.97 Å². The van der Waals surface area contributed by atoms with Gasteiger partial charge in [0.1, 0.15) is 30.8 Å². The van der Waals surface area contributed by atoms with Crippen molar-refractivity contribution in [2.45, 2.75) is 75.7 Å². The van der Waals surface area contributed by atoms with Crippen molar-refractivity contribution in [3.05, 3.63) is 42.1 Å². The maximum atomic E-state index is 13.8. The van der Waals surface area contributed by atoms with Crippen molar-refractivity contribution in [3.8, 4) is 5.88 Å². The van der Waals surface area contributed by atoms with Gasteiger partial charge < -0.3 is 48.0 Å². The largest absolute Gasteiger partial charge is 0.481 e. The van der Waals surface area contributed by atoms with Gasteiger partial charge in [0, 0.05) is 19.5 Å². The summed E-state index contributed by atoms with van der Waals surface area (Å²) in [6, 6.07) is 3.39. The number of carbonyl (C=O) groups is 6. The van der Waals surface area contributed by atoms with E-state index in [4.69, 9.17) is 16.3 Å². The van der Waals surface area contributed by atoms with Gasteiger partial charge in [-0.05, 0) is 37.7 Å². The van der Waals surface area contributed by atoms with Crippen LogP contribution >= 0.6 is 0 Å². The molecule has 3 rings (SSSR count). The Morgan fingerprint density at radius 1 is 0.923 bits per heavy atom. The summed E-state index contributed by atoms with van der Waals surface area (Å²) in [6.45, 7) is -0.815. The normalized spacial score (nSPS) is 20.2. The molecule has 2 aromatic rings. The molecular formula is C31H45FN12O8. The lowest BCUT2D eigenvalue weighted by Gasteiger charge is -2.26. The van der Waals surface area contributed by atoms with Gasteiger partial charge in [0.25, 0.3) is 5.88 Å². The molecule has 0 spiro atoms. The van der Waals surface area contributed by atoms with Crippen molar-refractivity contribution in [3.63, 3.8) is 0 Å². The first-order valence-corrected chi connectivity index (χ1v) is 16.6. The Morgan fingerprint density at radius 2 is 1.58 bits per heavy atom. The summed E-state index contributed by atoms with van der Waals surface area (Å²) in [5.41, 5.74) is 14.1. The van der Waals surface area contributed by atoms with Gasteiger partial charge in [0.15, 0.2) is 5.96 Å². The molecule has 5 amide bonds. The number of amides is 5. The van der Waals surface area contributed by atoms with E-state index in [9.17, 15) is 38.3 Å². The van der Waals surface area contributed by atoms with E-state index in [1.165, 1.54) is 10.9 Å². The molecule has 0 bridgehead atoms. The molecule has 1 fully saturated rings. The maximum absolute atomic E-state index is 13.8. The van der Waals surface area contributed by atoms with E-state index in [-0.39, 0.29) is 57.2 Å². The molecule has 0 saturated carbocycles. The zero-order valence-corrected chi connectivity index (χ0v) is 28.4. The van der Waals surface area contributed by atoms with Crippen molar-refractivity contribution >= 4 is 41.5 Å². The highest BCUT2D eigenvalue weighted by molar-refractivity contribution is 5.98. The smallest absolute Gasteiger partial charge is 0.305 e. The third-order valence-corrected chi connectivity index (χ3v) is 7.61. The lowest BCUT2D eigenvalue weighted by atomic mass is 10.0. The summed E-state index contributed by atoms with van der Waals surface area (Å²) in [4.78, 5) is 87.6. The first kappa shape index (κ1) is 40.6. The molecule has 1 aliphatic rings. The number of carboxylic acid groups (broad SMARTS) is 1. The molecule has 0 radical (unpaired) electrons. The van der Waals surface area contributed by atoms with Crippen LogP contribution in [0.5, 0.6) is 5.88 Å². The zero-order chi connectivity index (χ0) is 37.9. The second-order valence-corrected chi connectivity index (χ2v) is 11.8. The van der Waals surface area contributed by atoms with E-state index >= 15 is 0 Å². The number of aliphatic imine (C=N–C) groups is 1. The summed E-state index contributed by atoms with van der Waals surface area (Å²) >= 11 is 0. The Morgan fingerprint density at radius 3 is 2.27 bits per heavy atom. The molecule has 0 aliphatic carbocycles. The van der Waals surface area contributed by atoms with E-state index in [0.29, 0.717) is 18.4 Å². The zero-order valence-electron chi connectivity index (χ0n) is 28.4. The lowest BCUT2D eigenvalue weighted by Crippen LogP contribution is -2.58.